The molecule has 5 heteroatoms. The molecule has 4 rings (SSSR count). The van der Waals surface area contributed by atoms with Crippen LogP contribution in [0.5, 0.6) is 0 Å². The van der Waals surface area contributed by atoms with Gasteiger partial charge < -0.3 is 0 Å². The molecule has 0 spiro atoms. The van der Waals surface area contributed by atoms with E-state index in [0.717, 1.165) is 17.7 Å². The van der Waals surface area contributed by atoms with Gasteiger partial charge in [0.05, 0.1) is 5.69 Å². The summed E-state index contributed by atoms with van der Waals surface area (Å²) in [6.07, 6.45) is 0.931. The minimum atomic E-state index is 0.0675. The van der Waals surface area contributed by atoms with Crippen LogP contribution in [-0.4, -0.2) is 23.2 Å². The number of rotatable bonds is 4. The minimum Gasteiger partial charge on any atom is -0.298 e. The number of nitrogens with zero attached hydrogens (tertiary/aromatic N) is 3. The van der Waals surface area contributed by atoms with E-state index in [-0.39, 0.29) is 11.8 Å². The summed E-state index contributed by atoms with van der Waals surface area (Å²) in [4.78, 5) is 15.7. The van der Waals surface area contributed by atoms with Crippen LogP contribution in [0.2, 0.25) is 0 Å². The number of hydrogen-bond donors (Lipinski definition) is 0. The van der Waals surface area contributed by atoms with Gasteiger partial charge in [0, 0.05) is 29.3 Å². The monoisotopic (exact) mass is 349 g/mol. The molecule has 3 aromatic rings. The second kappa shape index (κ2) is 6.41. The van der Waals surface area contributed by atoms with E-state index in [1.165, 1.54) is 10.4 Å². The van der Waals surface area contributed by atoms with E-state index in [2.05, 4.69) is 28.6 Å². The van der Waals surface area contributed by atoms with E-state index in [1.54, 1.807) is 23.3 Å². The quantitative estimate of drug-likeness (QED) is 0.706. The summed E-state index contributed by atoms with van der Waals surface area (Å²) in [5.74, 6) is 1.15. The summed E-state index contributed by atoms with van der Waals surface area (Å²) in [7, 11) is 1.78. The molecule has 2 aromatic heterocycles. The van der Waals surface area contributed by atoms with E-state index in [9.17, 15) is 4.79 Å². The molecular formula is C20H19N3OS. The predicted octanol–water partition coefficient (Wildman–Crippen LogP) is 4.28. The van der Waals surface area contributed by atoms with E-state index in [0.29, 0.717) is 11.7 Å². The predicted molar refractivity (Wildman–Crippen MR) is 101 cm³/mol. The van der Waals surface area contributed by atoms with Gasteiger partial charge in [-0.2, -0.15) is 0 Å². The number of hydrogen-bond acceptors (Lipinski definition) is 4. The lowest BCUT2D eigenvalue weighted by atomic mass is 10.1. The van der Waals surface area contributed by atoms with Gasteiger partial charge in [-0.1, -0.05) is 30.3 Å². The zero-order valence-corrected chi connectivity index (χ0v) is 15.0. The largest absolute Gasteiger partial charge is 0.298 e. The van der Waals surface area contributed by atoms with Crippen molar-refractivity contribution in [2.75, 3.05) is 11.9 Å². The SMILES string of the molecule is Cc1ccsc1[C@H]1C[C@H]1C(=O)N(C)c1ccc(-c2ccccc2)nn1. The zero-order chi connectivity index (χ0) is 17.4. The van der Waals surface area contributed by atoms with E-state index < -0.39 is 0 Å². The molecule has 25 heavy (non-hydrogen) atoms. The van der Waals surface area contributed by atoms with Crippen molar-refractivity contribution in [2.24, 2.45) is 5.92 Å². The van der Waals surface area contributed by atoms with Crippen LogP contribution < -0.4 is 4.90 Å². The third kappa shape index (κ3) is 3.07. The first kappa shape index (κ1) is 16.0. The Morgan fingerprint density at radius 1 is 1.12 bits per heavy atom. The summed E-state index contributed by atoms with van der Waals surface area (Å²) >= 11 is 1.75. The van der Waals surface area contributed by atoms with E-state index >= 15 is 0 Å². The van der Waals surface area contributed by atoms with Gasteiger partial charge in [-0.05, 0) is 42.5 Å². The molecule has 0 radical (unpaired) electrons. The third-order valence-corrected chi connectivity index (χ3v) is 5.89. The van der Waals surface area contributed by atoms with Crippen LogP contribution in [0.15, 0.2) is 53.9 Å². The third-order valence-electron chi connectivity index (χ3n) is 4.74. The van der Waals surface area contributed by atoms with E-state index in [4.69, 9.17) is 0 Å². The summed E-state index contributed by atoms with van der Waals surface area (Å²) in [6.45, 7) is 2.11. The maximum atomic E-state index is 12.7. The summed E-state index contributed by atoms with van der Waals surface area (Å²) in [6, 6.07) is 15.8. The Balaban J connectivity index is 1.47. The number of carbonyl (C=O) groups is 1. The highest BCUT2D eigenvalue weighted by atomic mass is 32.1. The van der Waals surface area contributed by atoms with Crippen LogP contribution in [0.1, 0.15) is 22.8 Å². The van der Waals surface area contributed by atoms with Crippen LogP contribution in [-0.2, 0) is 4.79 Å². The molecule has 2 heterocycles. The number of amides is 1. The zero-order valence-electron chi connectivity index (χ0n) is 14.2. The Hall–Kier alpha value is -2.53. The number of aromatic nitrogens is 2. The summed E-state index contributed by atoms with van der Waals surface area (Å²) < 4.78 is 0. The highest BCUT2D eigenvalue weighted by molar-refractivity contribution is 7.10. The summed E-state index contributed by atoms with van der Waals surface area (Å²) in [5, 5.41) is 10.6. The standard InChI is InChI=1S/C20H19N3OS/c1-13-10-11-25-19(13)15-12-16(15)20(24)23(2)18-9-8-17(21-22-18)14-6-4-3-5-7-14/h3-11,15-16H,12H2,1-2H3/t15-,16+/m0/s1. The first-order valence-electron chi connectivity index (χ1n) is 8.36. The van der Waals surface area contributed by atoms with E-state index in [1.807, 2.05) is 42.5 Å². The van der Waals surface area contributed by atoms with Crippen molar-refractivity contribution in [3.63, 3.8) is 0 Å². The van der Waals surface area contributed by atoms with Crippen molar-refractivity contribution < 1.29 is 4.79 Å². The minimum absolute atomic E-state index is 0.0675. The van der Waals surface area contributed by atoms with Gasteiger partial charge in [0.2, 0.25) is 5.91 Å². The molecule has 126 valence electrons. The number of benzene rings is 1. The molecule has 1 fully saturated rings. The molecule has 2 atom stereocenters. The molecule has 1 aliphatic rings. The average Bonchev–Trinajstić information content (AvgIpc) is 3.34. The van der Waals surface area contributed by atoms with Crippen molar-refractivity contribution in [1.82, 2.24) is 10.2 Å². The van der Waals surface area contributed by atoms with Crippen LogP contribution >= 0.6 is 11.3 Å². The van der Waals surface area contributed by atoms with Crippen molar-refractivity contribution in [3.05, 3.63) is 64.4 Å². The van der Waals surface area contributed by atoms with Crippen LogP contribution in [0.3, 0.4) is 0 Å². The molecule has 4 nitrogen and oxygen atoms in total. The fraction of sp³-hybridized carbons (Fsp3) is 0.250. The highest BCUT2D eigenvalue weighted by Crippen LogP contribution is 2.51. The molecule has 1 saturated carbocycles. The van der Waals surface area contributed by atoms with Gasteiger partial charge >= 0.3 is 0 Å². The number of aryl methyl sites for hydroxylation is 1. The Morgan fingerprint density at radius 3 is 2.56 bits per heavy atom. The highest BCUT2D eigenvalue weighted by Gasteiger charge is 2.46. The Bertz CT molecular complexity index is 889. The lowest BCUT2D eigenvalue weighted by Gasteiger charge is -2.16. The Kier molecular flexibility index (Phi) is 4.09. The molecule has 1 aromatic carbocycles. The summed E-state index contributed by atoms with van der Waals surface area (Å²) in [5.41, 5.74) is 3.12. The molecule has 0 aliphatic heterocycles. The lowest BCUT2D eigenvalue weighted by Crippen LogP contribution is -2.29. The second-order valence-corrected chi connectivity index (χ2v) is 7.40. The number of thiophene rings is 1. The van der Waals surface area contributed by atoms with Crippen molar-refractivity contribution in [2.45, 2.75) is 19.3 Å². The molecule has 0 unspecified atom stereocenters. The molecule has 0 saturated heterocycles. The first-order valence-corrected chi connectivity index (χ1v) is 9.24. The van der Waals surface area contributed by atoms with Crippen molar-refractivity contribution >= 4 is 23.1 Å². The first-order chi connectivity index (χ1) is 12.1. The van der Waals surface area contributed by atoms with Crippen LogP contribution in [0.4, 0.5) is 5.82 Å². The van der Waals surface area contributed by atoms with Gasteiger partial charge in [-0.3, -0.25) is 9.69 Å². The topological polar surface area (TPSA) is 46.1 Å². The maximum Gasteiger partial charge on any atom is 0.231 e. The number of carbonyl (C=O) groups excluding carboxylic acids is 1. The normalized spacial score (nSPS) is 18.8. The van der Waals surface area contributed by atoms with Gasteiger partial charge in [0.25, 0.3) is 0 Å². The molecule has 1 amide bonds. The van der Waals surface area contributed by atoms with Crippen molar-refractivity contribution in [3.8, 4) is 11.3 Å². The van der Waals surface area contributed by atoms with Gasteiger partial charge in [-0.15, -0.1) is 21.5 Å². The molecule has 1 aliphatic carbocycles. The maximum absolute atomic E-state index is 12.7. The molecule has 0 bridgehead atoms. The van der Waals surface area contributed by atoms with Crippen LogP contribution in [0, 0.1) is 12.8 Å². The second-order valence-electron chi connectivity index (χ2n) is 6.46. The van der Waals surface area contributed by atoms with Gasteiger partial charge in [0.15, 0.2) is 5.82 Å². The average molecular weight is 349 g/mol. The lowest BCUT2D eigenvalue weighted by molar-refractivity contribution is -0.119. The molecular weight excluding hydrogens is 330 g/mol. The fourth-order valence-corrected chi connectivity index (χ4v) is 4.26. The Labute approximate surface area is 151 Å². The molecule has 0 N–H and O–H groups in total. The van der Waals surface area contributed by atoms with Gasteiger partial charge in [-0.25, -0.2) is 0 Å². The van der Waals surface area contributed by atoms with Gasteiger partial charge in [0.1, 0.15) is 0 Å². The van der Waals surface area contributed by atoms with Crippen LogP contribution in [0.25, 0.3) is 11.3 Å². The number of anilines is 1. The fourth-order valence-electron chi connectivity index (χ4n) is 3.15. The smallest absolute Gasteiger partial charge is 0.231 e. The Morgan fingerprint density at radius 2 is 1.92 bits per heavy atom. The van der Waals surface area contributed by atoms with Crippen molar-refractivity contribution in [1.29, 1.82) is 0 Å².